The standard InChI is InChI=1S/C12H28BN/c1-5-9(3)12(10(4)6-2)7-11(13)8-14/h9-12H,5-8,13-14H2,1-4H3. The van der Waals surface area contributed by atoms with Gasteiger partial charge < -0.3 is 5.73 Å². The molecule has 0 spiro atoms. The van der Waals surface area contributed by atoms with Gasteiger partial charge in [0.25, 0.3) is 0 Å². The number of hydrogen-bond donors (Lipinski definition) is 1. The highest BCUT2D eigenvalue weighted by molar-refractivity contribution is 6.11. The monoisotopic (exact) mass is 197 g/mol. The van der Waals surface area contributed by atoms with Gasteiger partial charge in [0.05, 0.1) is 0 Å². The SMILES string of the molecule is BC(CN)CC(C(C)CC)C(C)CC. The summed E-state index contributed by atoms with van der Waals surface area (Å²) in [5, 5.41) is 0. The van der Waals surface area contributed by atoms with Crippen molar-refractivity contribution in [3.63, 3.8) is 0 Å². The third-order valence-corrected chi connectivity index (χ3v) is 3.83. The van der Waals surface area contributed by atoms with Crippen LogP contribution in [0.25, 0.3) is 0 Å². The van der Waals surface area contributed by atoms with E-state index in [0.29, 0.717) is 5.82 Å². The summed E-state index contributed by atoms with van der Waals surface area (Å²) < 4.78 is 0. The van der Waals surface area contributed by atoms with Crippen molar-refractivity contribution in [3.8, 4) is 0 Å². The Morgan fingerprint density at radius 1 is 1.07 bits per heavy atom. The van der Waals surface area contributed by atoms with Gasteiger partial charge in [-0.15, -0.1) is 0 Å². The van der Waals surface area contributed by atoms with Gasteiger partial charge in [0.15, 0.2) is 0 Å². The van der Waals surface area contributed by atoms with Crippen molar-refractivity contribution in [2.45, 2.75) is 52.8 Å². The lowest BCUT2D eigenvalue weighted by atomic mass is 9.70. The second kappa shape index (κ2) is 7.33. The third-order valence-electron chi connectivity index (χ3n) is 3.83. The maximum absolute atomic E-state index is 5.70. The molecule has 0 aromatic rings. The predicted molar refractivity (Wildman–Crippen MR) is 68.4 cm³/mol. The van der Waals surface area contributed by atoms with Crippen LogP contribution in [0.4, 0.5) is 0 Å². The Labute approximate surface area is 91.2 Å². The summed E-state index contributed by atoms with van der Waals surface area (Å²) >= 11 is 0. The van der Waals surface area contributed by atoms with Gasteiger partial charge >= 0.3 is 0 Å². The van der Waals surface area contributed by atoms with E-state index in [9.17, 15) is 0 Å². The minimum Gasteiger partial charge on any atom is -0.331 e. The summed E-state index contributed by atoms with van der Waals surface area (Å²) in [7, 11) is 2.28. The highest BCUT2D eigenvalue weighted by Crippen LogP contribution is 2.32. The van der Waals surface area contributed by atoms with E-state index >= 15 is 0 Å². The van der Waals surface area contributed by atoms with Gasteiger partial charge in [0.1, 0.15) is 7.85 Å². The van der Waals surface area contributed by atoms with Crippen molar-refractivity contribution in [2.75, 3.05) is 6.54 Å². The van der Waals surface area contributed by atoms with Gasteiger partial charge in [-0.2, -0.15) is 0 Å². The third kappa shape index (κ3) is 4.50. The topological polar surface area (TPSA) is 26.0 Å². The predicted octanol–water partition coefficient (Wildman–Crippen LogP) is 2.47. The Bertz CT molecular complexity index is 128. The minimum absolute atomic E-state index is 0.683. The molecule has 2 N–H and O–H groups in total. The molecule has 0 aliphatic rings. The fourth-order valence-electron chi connectivity index (χ4n) is 2.19. The van der Waals surface area contributed by atoms with Crippen molar-refractivity contribution in [2.24, 2.45) is 23.5 Å². The maximum atomic E-state index is 5.70. The first-order valence-corrected chi connectivity index (χ1v) is 6.26. The van der Waals surface area contributed by atoms with E-state index in [1.807, 2.05) is 0 Å². The molecule has 0 aliphatic heterocycles. The molecule has 0 fully saturated rings. The molecule has 0 saturated heterocycles. The Hall–Kier alpha value is 0.0249. The second-order valence-corrected chi connectivity index (χ2v) is 5.01. The number of nitrogens with two attached hydrogens (primary N) is 1. The molecule has 0 heterocycles. The summed E-state index contributed by atoms with van der Waals surface area (Å²) in [6.45, 7) is 10.2. The van der Waals surface area contributed by atoms with E-state index in [0.717, 1.165) is 24.3 Å². The fourth-order valence-corrected chi connectivity index (χ4v) is 2.19. The van der Waals surface area contributed by atoms with E-state index in [2.05, 4.69) is 35.5 Å². The zero-order chi connectivity index (χ0) is 11.1. The summed E-state index contributed by atoms with van der Waals surface area (Å²) in [5.74, 6) is 3.24. The van der Waals surface area contributed by atoms with E-state index in [1.165, 1.54) is 19.3 Å². The molecule has 0 radical (unpaired) electrons. The van der Waals surface area contributed by atoms with Gasteiger partial charge in [-0.3, -0.25) is 0 Å². The lowest BCUT2D eigenvalue weighted by molar-refractivity contribution is 0.225. The molecule has 1 nitrogen and oxygen atoms in total. The molecule has 0 amide bonds. The summed E-state index contributed by atoms with van der Waals surface area (Å²) in [5.41, 5.74) is 5.70. The Morgan fingerprint density at radius 3 is 1.79 bits per heavy atom. The van der Waals surface area contributed by atoms with Crippen molar-refractivity contribution in [1.29, 1.82) is 0 Å². The van der Waals surface area contributed by atoms with Crippen molar-refractivity contribution >= 4 is 7.85 Å². The minimum atomic E-state index is 0.683. The van der Waals surface area contributed by atoms with Crippen molar-refractivity contribution < 1.29 is 0 Å². The molecule has 0 aromatic heterocycles. The van der Waals surface area contributed by atoms with Crippen molar-refractivity contribution in [3.05, 3.63) is 0 Å². The van der Waals surface area contributed by atoms with E-state index in [1.54, 1.807) is 0 Å². The number of hydrogen-bond acceptors (Lipinski definition) is 1. The zero-order valence-corrected chi connectivity index (χ0v) is 10.7. The smallest absolute Gasteiger partial charge is 0.107 e. The average molecular weight is 197 g/mol. The highest BCUT2D eigenvalue weighted by Gasteiger charge is 2.22. The Morgan fingerprint density at radius 2 is 1.50 bits per heavy atom. The normalized spacial score (nSPS) is 20.1. The molecule has 0 aromatic carbocycles. The van der Waals surface area contributed by atoms with Crippen molar-refractivity contribution in [1.82, 2.24) is 0 Å². The van der Waals surface area contributed by atoms with Crippen LogP contribution in [0, 0.1) is 17.8 Å². The van der Waals surface area contributed by atoms with E-state index < -0.39 is 0 Å². The van der Waals surface area contributed by atoms with Crippen LogP contribution in [0.5, 0.6) is 0 Å². The van der Waals surface area contributed by atoms with Gasteiger partial charge in [-0.25, -0.2) is 0 Å². The van der Waals surface area contributed by atoms with E-state index in [4.69, 9.17) is 5.73 Å². The summed E-state index contributed by atoms with van der Waals surface area (Å²) in [4.78, 5) is 0. The van der Waals surface area contributed by atoms with Crippen LogP contribution in [0.3, 0.4) is 0 Å². The van der Waals surface area contributed by atoms with Gasteiger partial charge in [-0.1, -0.05) is 52.8 Å². The van der Waals surface area contributed by atoms with Crippen LogP contribution in [-0.2, 0) is 0 Å². The second-order valence-electron chi connectivity index (χ2n) is 5.01. The Kier molecular flexibility index (Phi) is 7.35. The molecule has 3 unspecified atom stereocenters. The quantitative estimate of drug-likeness (QED) is 0.623. The first-order valence-electron chi connectivity index (χ1n) is 6.26. The average Bonchev–Trinajstić information content (AvgIpc) is 2.23. The van der Waals surface area contributed by atoms with Gasteiger partial charge in [-0.05, 0) is 24.3 Å². The van der Waals surface area contributed by atoms with Crippen LogP contribution >= 0.6 is 0 Å². The molecule has 2 heteroatoms. The van der Waals surface area contributed by atoms with Crippen LogP contribution in [0.2, 0.25) is 5.82 Å². The zero-order valence-electron chi connectivity index (χ0n) is 10.7. The molecule has 0 bridgehead atoms. The van der Waals surface area contributed by atoms with Gasteiger partial charge in [0.2, 0.25) is 0 Å². The lowest BCUT2D eigenvalue weighted by Crippen LogP contribution is -2.23. The summed E-state index contributed by atoms with van der Waals surface area (Å²) in [6.07, 6.45) is 3.90. The molecular weight excluding hydrogens is 169 g/mol. The van der Waals surface area contributed by atoms with Crippen LogP contribution in [-0.4, -0.2) is 14.4 Å². The fraction of sp³-hybridized carbons (Fsp3) is 1.00. The molecule has 0 saturated carbocycles. The van der Waals surface area contributed by atoms with Gasteiger partial charge in [0, 0.05) is 0 Å². The molecule has 3 atom stereocenters. The highest BCUT2D eigenvalue weighted by atomic mass is 14.5. The maximum Gasteiger partial charge on any atom is 0.107 e. The molecule has 0 aliphatic carbocycles. The van der Waals surface area contributed by atoms with Crippen LogP contribution < -0.4 is 5.73 Å². The van der Waals surface area contributed by atoms with Crippen LogP contribution in [0.15, 0.2) is 0 Å². The molecule has 14 heavy (non-hydrogen) atoms. The molecule has 0 rings (SSSR count). The Balaban J connectivity index is 4.23. The first kappa shape index (κ1) is 14.0. The first-order chi connectivity index (χ1) is 6.56. The number of rotatable bonds is 7. The van der Waals surface area contributed by atoms with E-state index in [-0.39, 0.29) is 0 Å². The largest absolute Gasteiger partial charge is 0.331 e. The molecule has 84 valence electrons. The molecular formula is C12H28BN. The van der Waals surface area contributed by atoms with Crippen LogP contribution in [0.1, 0.15) is 47.0 Å². The summed E-state index contributed by atoms with van der Waals surface area (Å²) in [6, 6.07) is 0. The lowest BCUT2D eigenvalue weighted by Gasteiger charge is -2.30.